The zero-order valence-corrected chi connectivity index (χ0v) is 49.0. The highest BCUT2D eigenvalue weighted by atomic mass is 14.2. The van der Waals surface area contributed by atoms with Crippen molar-refractivity contribution >= 4 is 0 Å². The first kappa shape index (κ1) is 65.6. The second-order valence-electron chi connectivity index (χ2n) is 22.3. The van der Waals surface area contributed by atoms with Crippen molar-refractivity contribution in [2.24, 2.45) is 0 Å². The lowest BCUT2D eigenvalue weighted by Gasteiger charge is -2.26. The van der Waals surface area contributed by atoms with Gasteiger partial charge in [-0.2, -0.15) is 0 Å². The Morgan fingerprint density at radius 1 is 0.247 bits per heavy atom. The van der Waals surface area contributed by atoms with Crippen molar-refractivity contribution in [3.63, 3.8) is 0 Å². The number of hydrogen-bond acceptors (Lipinski definition) is 0. The fraction of sp³-hybridized carbons (Fsp3) is 0.425. The summed E-state index contributed by atoms with van der Waals surface area (Å²) in [5, 5.41) is 0. The van der Waals surface area contributed by atoms with E-state index in [-0.39, 0.29) is 7.43 Å². The lowest BCUT2D eigenvalue weighted by Crippen LogP contribution is -2.08. The molecule has 0 N–H and O–H groups in total. The molecule has 0 atom stereocenters. The summed E-state index contributed by atoms with van der Waals surface area (Å²) in [6, 6.07) is 63.3. The van der Waals surface area contributed by atoms with E-state index in [9.17, 15) is 0 Å². The van der Waals surface area contributed by atoms with Crippen LogP contribution < -0.4 is 0 Å². The normalized spacial score (nSPS) is 11.5. The molecule has 1 fully saturated rings. The van der Waals surface area contributed by atoms with Crippen molar-refractivity contribution in [1.29, 1.82) is 0 Å². The summed E-state index contributed by atoms with van der Waals surface area (Å²) in [5.41, 5.74) is 18.2. The van der Waals surface area contributed by atoms with Crippen molar-refractivity contribution in [2.75, 3.05) is 0 Å². The van der Waals surface area contributed by atoms with E-state index in [1.54, 1.807) is 5.56 Å². The lowest BCUT2D eigenvalue weighted by atomic mass is 9.80. The van der Waals surface area contributed by atoms with Crippen LogP contribution in [0.5, 0.6) is 0 Å². The van der Waals surface area contributed by atoms with Gasteiger partial charge in [0, 0.05) is 0 Å². The second-order valence-corrected chi connectivity index (χ2v) is 22.3. The lowest BCUT2D eigenvalue weighted by molar-refractivity contribution is 0.419. The van der Waals surface area contributed by atoms with Gasteiger partial charge in [0.2, 0.25) is 0 Å². The first-order valence-electron chi connectivity index (χ1n) is 27.5. The van der Waals surface area contributed by atoms with Gasteiger partial charge in [-0.1, -0.05) is 315 Å². The third-order valence-electron chi connectivity index (χ3n) is 13.4. The molecule has 1 saturated carbocycles. The molecule has 7 aromatic carbocycles. The Hall–Kier alpha value is -5.46. The van der Waals surface area contributed by atoms with Crippen molar-refractivity contribution in [3.05, 3.63) is 248 Å². The van der Waals surface area contributed by atoms with E-state index in [2.05, 4.69) is 301 Å². The van der Waals surface area contributed by atoms with Gasteiger partial charge < -0.3 is 0 Å². The summed E-state index contributed by atoms with van der Waals surface area (Å²) in [6.45, 7) is 41.6. The quantitative estimate of drug-likeness (QED) is 0.142. The Bertz CT molecular complexity index is 2100. The van der Waals surface area contributed by atoms with Gasteiger partial charge in [-0.25, -0.2) is 0 Å². The predicted octanol–water partition coefficient (Wildman–Crippen LogP) is 23.1. The molecule has 0 spiro atoms. The molecule has 0 heterocycles. The Balaban J connectivity index is 0.000000426. The number of rotatable bonds is 8. The summed E-state index contributed by atoms with van der Waals surface area (Å²) < 4.78 is 0. The van der Waals surface area contributed by atoms with E-state index < -0.39 is 0 Å². The monoisotopic (exact) mass is 981 g/mol. The van der Waals surface area contributed by atoms with Crippen LogP contribution >= 0.6 is 0 Å². The molecule has 0 saturated heterocycles. The summed E-state index contributed by atoms with van der Waals surface area (Å²) in [4.78, 5) is 0. The third kappa shape index (κ3) is 27.4. The molecule has 396 valence electrons. The van der Waals surface area contributed by atoms with Crippen LogP contribution in [0, 0.1) is 34.6 Å². The number of hydrogen-bond donors (Lipinski definition) is 0. The molecule has 0 radical (unpaired) electrons. The minimum atomic E-state index is 0. The fourth-order valence-electron chi connectivity index (χ4n) is 7.49. The largest absolute Gasteiger partial charge is 0.0776 e. The highest BCUT2D eigenvalue weighted by Gasteiger charge is 2.19. The Morgan fingerprint density at radius 3 is 0.575 bits per heavy atom. The molecule has 73 heavy (non-hydrogen) atoms. The van der Waals surface area contributed by atoms with Gasteiger partial charge in [-0.3, -0.25) is 0 Å². The first-order chi connectivity index (χ1) is 34.1. The van der Waals surface area contributed by atoms with Crippen molar-refractivity contribution < 1.29 is 0 Å². The fourth-order valence-corrected chi connectivity index (χ4v) is 7.49. The molecule has 0 aliphatic heterocycles. The minimum absolute atomic E-state index is 0. The molecule has 0 amide bonds. The molecule has 0 aromatic heterocycles. The Morgan fingerprint density at radius 2 is 0.425 bits per heavy atom. The van der Waals surface area contributed by atoms with Gasteiger partial charge in [0.25, 0.3) is 0 Å². The van der Waals surface area contributed by atoms with Crippen LogP contribution in [-0.4, -0.2) is 0 Å². The second kappa shape index (κ2) is 35.7. The smallest absolute Gasteiger partial charge is 0.0162 e. The molecule has 1 aliphatic carbocycles. The van der Waals surface area contributed by atoms with Crippen LogP contribution in [0.15, 0.2) is 176 Å². The van der Waals surface area contributed by atoms with E-state index in [0.29, 0.717) is 41.4 Å². The van der Waals surface area contributed by atoms with E-state index in [1.807, 2.05) is 6.07 Å². The SMILES string of the molecule is C.CC(C)c1ccc(C2CCC2)cc1.CC(C)c1ccccc1.Cc1ccc(C(C)C)cc1.Cc1ccc(C(C)C)cc1.Cc1ccc(C(C)C)cc1.Cc1ccc(C(C)C)cc1.Cc1ccc(C(C)C)cc1. The zero-order chi connectivity index (χ0) is 53.8. The predicted molar refractivity (Wildman–Crippen MR) is 331 cm³/mol. The molecule has 0 nitrogen and oxygen atoms in total. The Labute approximate surface area is 451 Å². The Kier molecular flexibility index (Phi) is 32.0. The first-order valence-corrected chi connectivity index (χ1v) is 27.5. The van der Waals surface area contributed by atoms with Crippen LogP contribution in [0.1, 0.15) is 243 Å². The number of aryl methyl sites for hydroxylation is 5. The van der Waals surface area contributed by atoms with Crippen molar-refractivity contribution in [2.45, 2.75) is 206 Å². The topological polar surface area (TPSA) is 0 Å². The summed E-state index contributed by atoms with van der Waals surface area (Å²) in [5.74, 6) is 5.46. The molecule has 0 bridgehead atoms. The van der Waals surface area contributed by atoms with Crippen LogP contribution in [0.2, 0.25) is 0 Å². The van der Waals surface area contributed by atoms with Crippen molar-refractivity contribution in [3.8, 4) is 0 Å². The molecule has 0 unspecified atom stereocenters. The minimum Gasteiger partial charge on any atom is -0.0776 e. The average Bonchev–Trinajstić information content (AvgIpc) is 3.33. The highest BCUT2D eigenvalue weighted by molar-refractivity contribution is 5.29. The molecule has 0 heteroatoms. The third-order valence-corrected chi connectivity index (χ3v) is 13.4. The number of benzene rings is 7. The maximum Gasteiger partial charge on any atom is -0.0162 e. The van der Waals surface area contributed by atoms with E-state index >= 15 is 0 Å². The summed E-state index contributed by atoms with van der Waals surface area (Å²) in [7, 11) is 0. The van der Waals surface area contributed by atoms with E-state index in [0.717, 1.165) is 5.92 Å². The summed E-state index contributed by atoms with van der Waals surface area (Å²) in [6.07, 6.45) is 4.23. The maximum atomic E-state index is 2.32. The van der Waals surface area contributed by atoms with E-state index in [1.165, 1.54) is 86.0 Å². The van der Waals surface area contributed by atoms with Gasteiger partial charge in [0.1, 0.15) is 0 Å². The molecule has 7 aromatic rings. The molecular weight excluding hydrogens is 877 g/mol. The van der Waals surface area contributed by atoms with Crippen LogP contribution in [0.4, 0.5) is 0 Å². The summed E-state index contributed by atoms with van der Waals surface area (Å²) >= 11 is 0. The average molecular weight is 982 g/mol. The zero-order valence-electron chi connectivity index (χ0n) is 49.0. The van der Waals surface area contributed by atoms with Gasteiger partial charge in [-0.05, 0) is 139 Å². The van der Waals surface area contributed by atoms with Crippen LogP contribution in [0.3, 0.4) is 0 Å². The molecule has 1 aliphatic rings. The van der Waals surface area contributed by atoms with Gasteiger partial charge in [0.15, 0.2) is 0 Å². The van der Waals surface area contributed by atoms with Crippen LogP contribution in [-0.2, 0) is 0 Å². The highest BCUT2D eigenvalue weighted by Crippen LogP contribution is 2.36. The van der Waals surface area contributed by atoms with Gasteiger partial charge in [0.05, 0.1) is 0 Å². The molecular formula is C73H104. The standard InChI is InChI=1S/C13H18.5C10H14.C9H12.CH4/c1-10(2)11-6-8-13(9-7-11)12-4-3-5-12;5*1-8(2)10-6-4-9(3)5-7-10;1-8(2)9-6-4-3-5-7-9;/h6-10,12H,3-5H2,1-2H3;5*4-8H,1-3H3;3-8H,1-2H3;1H4. The van der Waals surface area contributed by atoms with E-state index in [4.69, 9.17) is 0 Å². The molecule has 8 rings (SSSR count). The maximum absolute atomic E-state index is 2.32. The van der Waals surface area contributed by atoms with Gasteiger partial charge in [-0.15, -0.1) is 0 Å². The van der Waals surface area contributed by atoms with Crippen LogP contribution in [0.25, 0.3) is 0 Å². The van der Waals surface area contributed by atoms with Crippen molar-refractivity contribution in [1.82, 2.24) is 0 Å². The van der Waals surface area contributed by atoms with Gasteiger partial charge >= 0.3 is 0 Å².